The molecule has 100 valence electrons. The predicted octanol–water partition coefficient (Wildman–Crippen LogP) is 6.25. The normalized spacial score (nSPS) is 14.6. The molecule has 1 rings (SSSR count). The maximum absolute atomic E-state index is 4.39. The van der Waals surface area contributed by atoms with Crippen LogP contribution in [-0.4, -0.2) is 5.25 Å². The summed E-state index contributed by atoms with van der Waals surface area (Å²) in [6.45, 7) is 8.41. The summed E-state index contributed by atoms with van der Waals surface area (Å²) in [4.78, 5) is 0. The zero-order valence-corrected chi connectivity index (χ0v) is 13.0. The van der Waals surface area contributed by atoms with Crippen LogP contribution in [0.25, 0.3) is 0 Å². The molecule has 0 unspecified atom stereocenters. The number of hydrogen-bond donors (Lipinski definition) is 1. The van der Waals surface area contributed by atoms with Gasteiger partial charge < -0.3 is 0 Å². The highest BCUT2D eigenvalue weighted by Crippen LogP contribution is 2.15. The van der Waals surface area contributed by atoms with Crippen molar-refractivity contribution >= 4 is 12.6 Å². The first kappa shape index (κ1) is 18.7. The Morgan fingerprint density at radius 2 is 1.00 bits per heavy atom. The monoisotopic (exact) mass is 246 g/mol. The summed E-state index contributed by atoms with van der Waals surface area (Å²) in [5.74, 6) is 0. The molecule has 0 aromatic rings. The van der Waals surface area contributed by atoms with Crippen molar-refractivity contribution in [1.29, 1.82) is 0 Å². The second-order valence-corrected chi connectivity index (χ2v) is 5.08. The zero-order valence-electron chi connectivity index (χ0n) is 12.1. The Morgan fingerprint density at radius 1 is 0.750 bits per heavy atom. The molecular weight excluding hydrogens is 212 g/mol. The van der Waals surface area contributed by atoms with Crippen LogP contribution >= 0.6 is 12.6 Å². The van der Waals surface area contributed by atoms with Crippen molar-refractivity contribution in [2.75, 3.05) is 0 Å². The third-order valence-corrected chi connectivity index (χ3v) is 3.26. The summed E-state index contributed by atoms with van der Waals surface area (Å²) in [6.07, 6.45) is 14.1. The van der Waals surface area contributed by atoms with Crippen LogP contribution in [0.5, 0.6) is 0 Å². The summed E-state index contributed by atoms with van der Waals surface area (Å²) < 4.78 is 0. The Balaban J connectivity index is 0. The minimum absolute atomic E-state index is 0.657. The highest BCUT2D eigenvalue weighted by Gasteiger charge is 1.97. The van der Waals surface area contributed by atoms with Crippen molar-refractivity contribution in [1.82, 2.24) is 0 Å². The van der Waals surface area contributed by atoms with E-state index in [1.807, 2.05) is 13.8 Å². The van der Waals surface area contributed by atoms with E-state index < -0.39 is 0 Å². The van der Waals surface area contributed by atoms with E-state index >= 15 is 0 Å². The van der Waals surface area contributed by atoms with E-state index in [-0.39, 0.29) is 0 Å². The molecule has 0 radical (unpaired) electrons. The lowest BCUT2D eigenvalue weighted by molar-refractivity contribution is 0.504. The van der Waals surface area contributed by atoms with Gasteiger partial charge in [0.05, 0.1) is 0 Å². The minimum Gasteiger partial charge on any atom is -0.176 e. The molecule has 0 amide bonds. The fourth-order valence-electron chi connectivity index (χ4n) is 1.87. The van der Waals surface area contributed by atoms with Crippen LogP contribution in [-0.2, 0) is 0 Å². The van der Waals surface area contributed by atoms with Gasteiger partial charge in [-0.2, -0.15) is 12.6 Å². The molecular formula is C15H34S. The van der Waals surface area contributed by atoms with Crippen molar-refractivity contribution in [2.24, 2.45) is 0 Å². The third-order valence-electron chi connectivity index (χ3n) is 2.74. The minimum atomic E-state index is 0.657. The number of hydrogen-bond acceptors (Lipinski definition) is 1. The lowest BCUT2D eigenvalue weighted by atomic mass is 10.0. The zero-order chi connectivity index (χ0) is 12.6. The molecule has 0 spiro atoms. The van der Waals surface area contributed by atoms with E-state index in [0.29, 0.717) is 5.25 Å². The van der Waals surface area contributed by atoms with Crippen molar-refractivity contribution in [3.63, 3.8) is 0 Å². The van der Waals surface area contributed by atoms with Crippen molar-refractivity contribution in [3.8, 4) is 0 Å². The molecule has 0 aromatic heterocycles. The van der Waals surface area contributed by atoms with Crippen molar-refractivity contribution in [2.45, 2.75) is 97.2 Å². The van der Waals surface area contributed by atoms with Gasteiger partial charge in [0.2, 0.25) is 0 Å². The number of rotatable bonds is 4. The van der Waals surface area contributed by atoms with E-state index in [1.165, 1.54) is 64.2 Å². The quantitative estimate of drug-likeness (QED) is 0.557. The summed E-state index contributed by atoms with van der Waals surface area (Å²) in [5.41, 5.74) is 0. The van der Waals surface area contributed by atoms with Gasteiger partial charge in [-0.15, -0.1) is 0 Å². The lowest BCUT2D eigenvalue weighted by Gasteiger charge is -2.05. The van der Waals surface area contributed by atoms with Gasteiger partial charge in [0.1, 0.15) is 0 Å². The lowest BCUT2D eigenvalue weighted by Crippen LogP contribution is -1.95. The Bertz CT molecular complexity index is 80.1. The molecule has 0 bridgehead atoms. The topological polar surface area (TPSA) is 0 Å². The summed E-state index contributed by atoms with van der Waals surface area (Å²) >= 11 is 4.39. The van der Waals surface area contributed by atoms with Crippen LogP contribution in [0, 0.1) is 0 Å². The molecule has 0 aliphatic heterocycles. The van der Waals surface area contributed by atoms with Gasteiger partial charge in [-0.25, -0.2) is 0 Å². The highest BCUT2D eigenvalue weighted by atomic mass is 32.1. The molecule has 0 saturated heterocycles. The third kappa shape index (κ3) is 16.8. The fourth-order valence-corrected chi connectivity index (χ4v) is 2.39. The van der Waals surface area contributed by atoms with E-state index in [9.17, 15) is 0 Å². The molecule has 0 atom stereocenters. The molecule has 0 N–H and O–H groups in total. The molecule has 1 heteroatoms. The second-order valence-electron chi connectivity index (χ2n) is 4.35. The molecule has 1 aliphatic carbocycles. The van der Waals surface area contributed by atoms with Gasteiger partial charge in [-0.05, 0) is 12.8 Å². The first-order valence-corrected chi connectivity index (χ1v) is 8.01. The molecule has 0 heterocycles. The van der Waals surface area contributed by atoms with Gasteiger partial charge in [0, 0.05) is 5.25 Å². The Kier molecular flexibility index (Phi) is 20.7. The molecule has 1 saturated carbocycles. The van der Waals surface area contributed by atoms with Gasteiger partial charge >= 0.3 is 0 Å². The van der Waals surface area contributed by atoms with Gasteiger partial charge in [-0.3, -0.25) is 0 Å². The Labute approximate surface area is 110 Å². The summed E-state index contributed by atoms with van der Waals surface area (Å²) in [5, 5.41) is 0.657. The van der Waals surface area contributed by atoms with Gasteiger partial charge in [-0.1, -0.05) is 79.1 Å². The molecule has 1 fully saturated rings. The standard InChI is InChI=1S/C7H16S.C6H12.C2H6/c1-3-5-7(8)6-4-2;1-2-4-6-5-3-1;1-2/h7-8H,3-6H2,1-2H3;1-6H2;1-2H3. The average Bonchev–Trinajstić information content (AvgIpc) is 2.35. The maximum Gasteiger partial charge on any atom is 0.00166 e. The van der Waals surface area contributed by atoms with E-state index in [0.717, 1.165) is 0 Å². The van der Waals surface area contributed by atoms with Crippen LogP contribution in [0.1, 0.15) is 91.9 Å². The van der Waals surface area contributed by atoms with Gasteiger partial charge in [0.15, 0.2) is 0 Å². The van der Waals surface area contributed by atoms with E-state index in [4.69, 9.17) is 0 Å². The Morgan fingerprint density at radius 3 is 1.19 bits per heavy atom. The average molecular weight is 247 g/mol. The van der Waals surface area contributed by atoms with E-state index in [1.54, 1.807) is 0 Å². The maximum atomic E-state index is 4.39. The van der Waals surface area contributed by atoms with Crippen molar-refractivity contribution in [3.05, 3.63) is 0 Å². The molecule has 0 aromatic carbocycles. The van der Waals surface area contributed by atoms with E-state index in [2.05, 4.69) is 26.5 Å². The van der Waals surface area contributed by atoms with Crippen molar-refractivity contribution < 1.29 is 0 Å². The largest absolute Gasteiger partial charge is 0.176 e. The Hall–Kier alpha value is 0.350. The second kappa shape index (κ2) is 17.7. The SMILES string of the molecule is C1CCCCC1.CC.CCCC(S)CCC. The first-order valence-electron chi connectivity index (χ1n) is 7.49. The molecule has 0 nitrogen and oxygen atoms in total. The van der Waals surface area contributed by atoms with Gasteiger partial charge in [0.25, 0.3) is 0 Å². The van der Waals surface area contributed by atoms with Crippen LogP contribution in [0.4, 0.5) is 0 Å². The predicted molar refractivity (Wildman–Crippen MR) is 81.6 cm³/mol. The van der Waals surface area contributed by atoms with Crippen LogP contribution in [0.15, 0.2) is 0 Å². The highest BCUT2D eigenvalue weighted by molar-refractivity contribution is 7.80. The summed E-state index contributed by atoms with van der Waals surface area (Å²) in [7, 11) is 0. The van der Waals surface area contributed by atoms with Crippen LogP contribution in [0.2, 0.25) is 0 Å². The first-order chi connectivity index (χ1) is 7.81. The fraction of sp³-hybridized carbons (Fsp3) is 1.00. The molecule has 1 aliphatic rings. The smallest absolute Gasteiger partial charge is 0.00166 e. The van der Waals surface area contributed by atoms with Crippen LogP contribution in [0.3, 0.4) is 0 Å². The number of thiol groups is 1. The summed E-state index contributed by atoms with van der Waals surface area (Å²) in [6, 6.07) is 0. The molecule has 16 heavy (non-hydrogen) atoms. The van der Waals surface area contributed by atoms with Crippen LogP contribution < -0.4 is 0 Å².